The van der Waals surface area contributed by atoms with Gasteiger partial charge in [0.1, 0.15) is 18.2 Å². The smallest absolute Gasteiger partial charge is 0.158 e. The number of hydrogen-bond donors (Lipinski definition) is 1. The van der Waals surface area contributed by atoms with Crippen molar-refractivity contribution in [1.29, 1.82) is 0 Å². The van der Waals surface area contributed by atoms with E-state index in [2.05, 4.69) is 41.0 Å². The van der Waals surface area contributed by atoms with Gasteiger partial charge < -0.3 is 15.0 Å². The average molecular weight is 278 g/mol. The molecule has 0 aliphatic carbocycles. The van der Waals surface area contributed by atoms with E-state index in [4.69, 9.17) is 4.74 Å². The molecule has 5 nitrogen and oxygen atoms in total. The molecule has 0 amide bonds. The molecular formula is C15H26N4O. The lowest BCUT2D eigenvalue weighted by Gasteiger charge is -2.27. The van der Waals surface area contributed by atoms with Crippen LogP contribution in [-0.2, 0) is 11.3 Å². The predicted molar refractivity (Wildman–Crippen MR) is 82.1 cm³/mol. The van der Waals surface area contributed by atoms with Crippen LogP contribution in [0.3, 0.4) is 0 Å². The number of nitrogens with zero attached hydrogens (tertiary/aromatic N) is 3. The Morgan fingerprint density at radius 2 is 2.15 bits per heavy atom. The third kappa shape index (κ3) is 3.39. The second-order valence-electron chi connectivity index (χ2n) is 6.51. The van der Waals surface area contributed by atoms with Crippen molar-refractivity contribution in [1.82, 2.24) is 9.97 Å². The van der Waals surface area contributed by atoms with Crippen molar-refractivity contribution in [3.63, 3.8) is 0 Å². The Hall–Kier alpha value is -1.36. The molecule has 1 saturated heterocycles. The van der Waals surface area contributed by atoms with Crippen molar-refractivity contribution in [2.75, 3.05) is 37.5 Å². The van der Waals surface area contributed by atoms with Crippen molar-refractivity contribution in [2.24, 2.45) is 11.3 Å². The van der Waals surface area contributed by atoms with Crippen LogP contribution in [0.15, 0.2) is 6.07 Å². The molecule has 1 aromatic rings. The molecule has 2 heterocycles. The first kappa shape index (κ1) is 15.0. The molecule has 0 bridgehead atoms. The first-order chi connectivity index (χ1) is 9.44. The summed E-state index contributed by atoms with van der Waals surface area (Å²) in [6.45, 7) is 9.52. The minimum Gasteiger partial charge on any atom is -0.377 e. The fraction of sp³-hybridized carbons (Fsp3) is 0.733. The Kier molecular flexibility index (Phi) is 4.48. The van der Waals surface area contributed by atoms with Gasteiger partial charge in [0, 0.05) is 33.3 Å². The van der Waals surface area contributed by atoms with Gasteiger partial charge in [-0.2, -0.15) is 0 Å². The number of aromatic nitrogens is 2. The van der Waals surface area contributed by atoms with E-state index in [0.717, 1.165) is 30.5 Å². The van der Waals surface area contributed by atoms with Gasteiger partial charge in [0.05, 0.1) is 0 Å². The van der Waals surface area contributed by atoms with Gasteiger partial charge in [0.2, 0.25) is 0 Å². The maximum absolute atomic E-state index is 5.15. The van der Waals surface area contributed by atoms with E-state index in [9.17, 15) is 0 Å². The van der Waals surface area contributed by atoms with Crippen LogP contribution in [0, 0.1) is 11.3 Å². The monoisotopic (exact) mass is 278 g/mol. The van der Waals surface area contributed by atoms with Crippen LogP contribution in [0.25, 0.3) is 0 Å². The summed E-state index contributed by atoms with van der Waals surface area (Å²) in [5, 5.41) is 3.10. The van der Waals surface area contributed by atoms with Crippen LogP contribution in [-0.4, -0.2) is 37.2 Å². The lowest BCUT2D eigenvalue weighted by atomic mass is 9.80. The molecule has 20 heavy (non-hydrogen) atoms. The normalized spacial score (nSPS) is 19.4. The lowest BCUT2D eigenvalue weighted by molar-refractivity contribution is 0.178. The van der Waals surface area contributed by atoms with Crippen LogP contribution >= 0.6 is 0 Å². The summed E-state index contributed by atoms with van der Waals surface area (Å²) in [5.41, 5.74) is 0.350. The molecule has 1 fully saturated rings. The van der Waals surface area contributed by atoms with Crippen molar-refractivity contribution in [2.45, 2.75) is 33.8 Å². The van der Waals surface area contributed by atoms with E-state index in [0.29, 0.717) is 17.9 Å². The van der Waals surface area contributed by atoms with E-state index in [1.54, 1.807) is 7.11 Å². The zero-order valence-electron chi connectivity index (χ0n) is 13.2. The van der Waals surface area contributed by atoms with E-state index in [1.165, 1.54) is 6.42 Å². The van der Waals surface area contributed by atoms with E-state index in [-0.39, 0.29) is 0 Å². The first-order valence-electron chi connectivity index (χ1n) is 7.23. The minimum atomic E-state index is 0.350. The maximum atomic E-state index is 5.15. The second kappa shape index (κ2) is 5.95. The fourth-order valence-electron chi connectivity index (χ4n) is 2.64. The molecule has 0 saturated carbocycles. The molecule has 112 valence electrons. The van der Waals surface area contributed by atoms with Gasteiger partial charge in [0.15, 0.2) is 5.82 Å². The molecule has 1 aliphatic rings. The quantitative estimate of drug-likeness (QED) is 0.917. The van der Waals surface area contributed by atoms with Crippen molar-refractivity contribution < 1.29 is 4.74 Å². The van der Waals surface area contributed by atoms with Crippen LogP contribution in [0.2, 0.25) is 0 Å². The molecule has 0 spiro atoms. The number of methoxy groups -OCH3 is 1. The topological polar surface area (TPSA) is 50.3 Å². The Morgan fingerprint density at radius 1 is 1.40 bits per heavy atom. The average Bonchev–Trinajstić information content (AvgIpc) is 2.88. The zero-order valence-corrected chi connectivity index (χ0v) is 13.2. The molecule has 1 N–H and O–H groups in total. The van der Waals surface area contributed by atoms with E-state index < -0.39 is 0 Å². The highest BCUT2D eigenvalue weighted by molar-refractivity contribution is 5.49. The Bertz CT molecular complexity index is 456. The van der Waals surface area contributed by atoms with Gasteiger partial charge in [-0.15, -0.1) is 0 Å². The van der Waals surface area contributed by atoms with Crippen molar-refractivity contribution >= 4 is 11.6 Å². The lowest BCUT2D eigenvalue weighted by Crippen LogP contribution is -2.26. The molecule has 5 heteroatoms. The molecule has 1 atom stereocenters. The maximum Gasteiger partial charge on any atom is 0.158 e. The highest BCUT2D eigenvalue weighted by Gasteiger charge is 2.32. The van der Waals surface area contributed by atoms with Gasteiger partial charge in [-0.1, -0.05) is 20.8 Å². The third-order valence-corrected chi connectivity index (χ3v) is 4.03. The van der Waals surface area contributed by atoms with Gasteiger partial charge in [-0.25, -0.2) is 9.97 Å². The third-order valence-electron chi connectivity index (χ3n) is 4.03. The summed E-state index contributed by atoms with van der Waals surface area (Å²) in [6.07, 6.45) is 1.22. The van der Waals surface area contributed by atoms with Gasteiger partial charge >= 0.3 is 0 Å². The number of nitrogens with one attached hydrogen (secondary N) is 1. The first-order valence-corrected chi connectivity index (χ1v) is 7.23. The molecule has 1 aliphatic heterocycles. The predicted octanol–water partition coefficient (Wildman–Crippen LogP) is 2.54. The van der Waals surface area contributed by atoms with E-state index in [1.807, 2.05) is 13.1 Å². The van der Waals surface area contributed by atoms with Crippen LogP contribution in [0.5, 0.6) is 0 Å². The van der Waals surface area contributed by atoms with Gasteiger partial charge in [-0.3, -0.25) is 0 Å². The Balaban J connectivity index is 2.18. The summed E-state index contributed by atoms with van der Waals surface area (Å²) in [4.78, 5) is 11.4. The number of anilines is 2. The molecule has 2 rings (SSSR count). The van der Waals surface area contributed by atoms with Crippen LogP contribution in [0.1, 0.15) is 33.0 Å². The van der Waals surface area contributed by atoms with Crippen LogP contribution < -0.4 is 10.2 Å². The standard InChI is InChI=1S/C15H26N4O/c1-15(2,3)11-6-7-19(9-11)14-8-12(16-4)17-13(18-14)10-20-5/h8,11H,6-7,9-10H2,1-5H3,(H,16,17,18). The number of ether oxygens (including phenoxy) is 1. The number of hydrogen-bond acceptors (Lipinski definition) is 5. The molecule has 0 aromatic carbocycles. The minimum absolute atomic E-state index is 0.350. The van der Waals surface area contributed by atoms with Crippen LogP contribution in [0.4, 0.5) is 11.6 Å². The zero-order chi connectivity index (χ0) is 14.8. The Labute approximate surface area is 121 Å². The van der Waals surface area contributed by atoms with Gasteiger partial charge in [0.25, 0.3) is 0 Å². The van der Waals surface area contributed by atoms with Crippen molar-refractivity contribution in [3.8, 4) is 0 Å². The highest BCUT2D eigenvalue weighted by atomic mass is 16.5. The fourth-order valence-corrected chi connectivity index (χ4v) is 2.64. The largest absolute Gasteiger partial charge is 0.377 e. The second-order valence-corrected chi connectivity index (χ2v) is 6.51. The number of rotatable bonds is 4. The molecular weight excluding hydrogens is 252 g/mol. The molecule has 1 aromatic heterocycles. The SMILES string of the molecule is CNc1cc(N2CCC(C(C)(C)C)C2)nc(COC)n1. The summed E-state index contributed by atoms with van der Waals surface area (Å²) in [6, 6.07) is 2.02. The van der Waals surface area contributed by atoms with E-state index >= 15 is 0 Å². The highest BCUT2D eigenvalue weighted by Crippen LogP contribution is 2.35. The summed E-state index contributed by atoms with van der Waals surface area (Å²) >= 11 is 0. The summed E-state index contributed by atoms with van der Waals surface area (Å²) in [7, 11) is 3.55. The molecule has 1 unspecified atom stereocenters. The van der Waals surface area contributed by atoms with Gasteiger partial charge in [-0.05, 0) is 17.8 Å². The summed E-state index contributed by atoms with van der Waals surface area (Å²) < 4.78 is 5.15. The van der Waals surface area contributed by atoms with Crippen molar-refractivity contribution in [3.05, 3.63) is 11.9 Å². The summed E-state index contributed by atoms with van der Waals surface area (Å²) in [5.74, 6) is 3.29. The Morgan fingerprint density at radius 3 is 2.70 bits per heavy atom. The molecule has 0 radical (unpaired) electrons.